The van der Waals surface area contributed by atoms with Crippen molar-refractivity contribution < 1.29 is 9.47 Å². The molecule has 120 heavy (non-hydrogen) atoms. The molecule has 6 aliphatic heterocycles. The molecule has 0 amide bonds. The molecule has 0 saturated heterocycles. The first-order chi connectivity index (χ1) is 59.0. The lowest BCUT2D eigenvalue weighted by Gasteiger charge is -2.45. The average Bonchev–Trinajstić information content (AvgIpc) is 1.16. The average molecular weight is 1570 g/mol. The Kier molecular flexibility index (Phi) is 13.5. The molecule has 14 heteroatoms. The highest BCUT2D eigenvalue weighted by molar-refractivity contribution is 7.34. The van der Waals surface area contributed by atoms with E-state index >= 15 is 0 Å². The maximum atomic E-state index is 8.23. The molecule has 5 aromatic heterocycles. The van der Waals surface area contributed by atoms with Crippen LogP contribution in [0.2, 0.25) is 0 Å². The monoisotopic (exact) mass is 1570 g/mol. The number of anilines is 11. The molecule has 27 rings (SSSR count). The molecule has 21 aromatic rings. The summed E-state index contributed by atoms with van der Waals surface area (Å²) in [4.78, 5) is 7.82. The van der Waals surface area contributed by atoms with Crippen molar-refractivity contribution in [2.75, 3.05) is 20.0 Å². The number of thiophene rings is 2. The minimum atomic E-state index is -0.361. The third-order valence-electron chi connectivity index (χ3n) is 26.9. The van der Waals surface area contributed by atoms with E-state index in [0.29, 0.717) is 0 Å². The molecule has 0 fully saturated rings. The van der Waals surface area contributed by atoms with E-state index in [9.17, 15) is 0 Å². The van der Waals surface area contributed by atoms with Crippen molar-refractivity contribution in [3.63, 3.8) is 0 Å². The third-order valence-corrected chi connectivity index (χ3v) is 29.3. The van der Waals surface area contributed by atoms with Gasteiger partial charge >= 0.3 is 0 Å². The minimum Gasteiger partial charge on any atom is -0.458 e. The SMILES string of the molecule is Cc1cc(C)c(N2c3cc4c(cc3B3c5cc6c(cc5Oc5cc(-n7c8ccccc8c8ccccc87)cc2c53)N(c2c(C)cc(C)cc2C)c2cc(-n3c5ccccc5c5ccccc53)cc3c2B6c2sc5ccccc5c2O3)B2c3sc5ccccc5c3N(c3ccccc3)c3cc(-n5c6ccccc6c6ccccc65)cc(c32)N4)c(C)c1. The van der Waals surface area contributed by atoms with Crippen LogP contribution in [-0.2, 0) is 0 Å². The van der Waals surface area contributed by atoms with E-state index < -0.39 is 0 Å². The van der Waals surface area contributed by atoms with Crippen LogP contribution in [0.3, 0.4) is 0 Å². The third kappa shape index (κ3) is 8.97. The quantitative estimate of drug-likeness (QED) is 0.167. The summed E-state index contributed by atoms with van der Waals surface area (Å²) in [5.41, 5.74) is 37.7. The molecule has 1 N–H and O–H groups in total. The maximum absolute atomic E-state index is 8.23. The second kappa shape index (κ2) is 24.3. The molecule has 11 heterocycles. The largest absolute Gasteiger partial charge is 0.458 e. The van der Waals surface area contributed by atoms with Crippen LogP contribution in [-0.4, -0.2) is 33.8 Å². The normalized spacial score (nSPS) is 13.7. The van der Waals surface area contributed by atoms with Gasteiger partial charge in [-0.1, -0.05) is 205 Å². The molecule has 562 valence electrons. The summed E-state index contributed by atoms with van der Waals surface area (Å²) in [6.07, 6.45) is 0. The Morgan fingerprint density at radius 3 is 1.18 bits per heavy atom. The highest BCUT2D eigenvalue weighted by Crippen LogP contribution is 2.54. The van der Waals surface area contributed by atoms with Crippen LogP contribution in [0.5, 0.6) is 23.0 Å². The molecule has 0 spiro atoms. The fraction of sp³-hybridized carbons (Fsp3) is 0.0566. The van der Waals surface area contributed by atoms with Crippen molar-refractivity contribution in [2.24, 2.45) is 0 Å². The van der Waals surface area contributed by atoms with E-state index in [0.717, 1.165) is 152 Å². The Labute approximate surface area is 701 Å². The molecular weight excluding hydrogens is 1500 g/mol. The first-order valence-corrected chi connectivity index (χ1v) is 43.3. The van der Waals surface area contributed by atoms with Gasteiger partial charge in [0, 0.05) is 126 Å². The van der Waals surface area contributed by atoms with Gasteiger partial charge in [0.05, 0.1) is 67.2 Å². The summed E-state index contributed by atoms with van der Waals surface area (Å²) in [6.45, 7) is 12.9. The number of nitrogens with one attached hydrogen (secondary N) is 1. The van der Waals surface area contributed by atoms with Gasteiger partial charge in [0.15, 0.2) is 0 Å². The summed E-state index contributed by atoms with van der Waals surface area (Å²) in [5, 5.41) is 14.0. The zero-order chi connectivity index (χ0) is 79.1. The van der Waals surface area contributed by atoms with Crippen molar-refractivity contribution in [2.45, 2.75) is 41.5 Å². The van der Waals surface area contributed by atoms with Crippen LogP contribution in [0, 0.1) is 41.5 Å². The van der Waals surface area contributed by atoms with Gasteiger partial charge in [-0.2, -0.15) is 0 Å². The molecular formula is C106H70B3N7O2S2. The minimum absolute atomic E-state index is 0.195. The first kappa shape index (κ1) is 66.9. The molecule has 0 unspecified atom stereocenters. The summed E-state index contributed by atoms with van der Waals surface area (Å²) in [5.74, 6) is 3.41. The predicted octanol–water partition coefficient (Wildman–Crippen LogP) is 22.4. The van der Waals surface area contributed by atoms with Gasteiger partial charge in [-0.3, -0.25) is 0 Å². The number of fused-ring (bicyclic) bond motifs is 25. The highest BCUT2D eigenvalue weighted by Gasteiger charge is 2.51. The Bertz CT molecular complexity index is 8050. The number of para-hydroxylation sites is 7. The predicted molar refractivity (Wildman–Crippen MR) is 509 cm³/mol. The van der Waals surface area contributed by atoms with Gasteiger partial charge in [-0.25, -0.2) is 0 Å². The summed E-state index contributed by atoms with van der Waals surface area (Å²) >= 11 is 3.80. The molecule has 9 nitrogen and oxygen atoms in total. The molecule has 0 saturated carbocycles. The molecule has 0 atom stereocenters. The van der Waals surface area contributed by atoms with Crippen LogP contribution in [0.4, 0.5) is 62.6 Å². The number of hydrogen-bond donors (Lipinski definition) is 1. The topological polar surface area (TPSA) is 55.0 Å². The number of nitrogens with zero attached hydrogens (tertiary/aromatic N) is 6. The lowest BCUT2D eigenvalue weighted by molar-refractivity contribution is 0.487. The zero-order valence-electron chi connectivity index (χ0n) is 66.5. The number of ether oxygens (including phenoxy) is 2. The van der Waals surface area contributed by atoms with Crippen LogP contribution in [0.1, 0.15) is 33.4 Å². The fourth-order valence-corrected chi connectivity index (χ4v) is 25.1. The lowest BCUT2D eigenvalue weighted by atomic mass is 9.30. The number of rotatable bonds is 6. The van der Waals surface area contributed by atoms with Gasteiger partial charge in [-0.15, -0.1) is 22.7 Å². The van der Waals surface area contributed by atoms with Crippen molar-refractivity contribution in [3.05, 3.63) is 343 Å². The van der Waals surface area contributed by atoms with E-state index in [1.165, 1.54) is 118 Å². The van der Waals surface area contributed by atoms with Crippen LogP contribution in [0.15, 0.2) is 309 Å². The Morgan fingerprint density at radius 2 is 0.658 bits per heavy atom. The van der Waals surface area contributed by atoms with E-state index in [1.54, 1.807) is 0 Å². The van der Waals surface area contributed by atoms with Gasteiger partial charge in [-0.05, 0) is 199 Å². The van der Waals surface area contributed by atoms with Crippen molar-refractivity contribution in [3.8, 4) is 40.1 Å². The zero-order valence-corrected chi connectivity index (χ0v) is 68.1. The van der Waals surface area contributed by atoms with Crippen molar-refractivity contribution in [1.29, 1.82) is 0 Å². The number of benzene rings is 16. The molecule has 0 radical (unpaired) electrons. The summed E-state index contributed by atoms with van der Waals surface area (Å²) < 4.78 is 28.4. The molecule has 6 aliphatic rings. The Hall–Kier alpha value is -14.2. The van der Waals surface area contributed by atoms with Gasteiger partial charge in [0.1, 0.15) is 23.0 Å². The van der Waals surface area contributed by atoms with Crippen molar-refractivity contribution >= 4 is 239 Å². The summed E-state index contributed by atoms with van der Waals surface area (Å²) in [7, 11) is 0. The fourth-order valence-electron chi connectivity index (χ4n) is 22.5. The summed E-state index contributed by atoms with van der Waals surface area (Å²) in [6, 6.07) is 117. The number of aryl methyl sites for hydroxylation is 6. The van der Waals surface area contributed by atoms with Gasteiger partial charge in [0.2, 0.25) is 0 Å². The van der Waals surface area contributed by atoms with E-state index in [-0.39, 0.29) is 20.1 Å². The Balaban J connectivity index is 0.769. The smallest absolute Gasteiger partial charge is 0.268 e. The van der Waals surface area contributed by atoms with Crippen LogP contribution >= 0.6 is 22.7 Å². The molecule has 0 bridgehead atoms. The van der Waals surface area contributed by atoms with Crippen LogP contribution in [0.25, 0.3) is 103 Å². The van der Waals surface area contributed by atoms with E-state index in [1.807, 2.05) is 22.7 Å². The number of hydrogen-bond acceptors (Lipinski definition) is 8. The first-order valence-electron chi connectivity index (χ1n) is 41.6. The second-order valence-electron chi connectivity index (χ2n) is 33.8. The molecule has 16 aromatic carbocycles. The number of aromatic nitrogens is 3. The maximum Gasteiger partial charge on any atom is 0.268 e. The van der Waals surface area contributed by atoms with Crippen molar-refractivity contribution in [1.82, 2.24) is 13.7 Å². The standard InChI is InChI=1S/C106H70B3N7O2S2/c1-58-44-60(3)101(61(4)45-58)115-88-56-80-76(108-98-81(110-80)48-65(111-82-36-18-10-28-68(82)69-29-11-19-37-83(69)111)49-90(98)114(64-26-8-7-9-27-64)103-74-34-16-24-42-96(74)119-105(103)108)54-77(88)107-79-55-78-89(57-93(79)117-94-52-66(50-91(115)99(94)107)112-84-38-20-12-30-70(84)71-31-13-21-39-85(71)112)116(102-62(5)46-59(2)47-63(102)6)92-51-67(113-86-40-22-14-32-72(86)73-33-15-23-41-87(73)113)53-95-100(92)109(78)106-104(118-95)75-35-17-25-43-97(75)120-106/h7-57,110H,1-6H3. The van der Waals surface area contributed by atoms with E-state index in [2.05, 4.69) is 385 Å². The highest BCUT2D eigenvalue weighted by atomic mass is 32.1. The molecule has 0 aliphatic carbocycles. The van der Waals surface area contributed by atoms with Crippen LogP contribution < -0.4 is 77.3 Å². The van der Waals surface area contributed by atoms with E-state index in [4.69, 9.17) is 9.47 Å². The van der Waals surface area contributed by atoms with Gasteiger partial charge in [0.25, 0.3) is 20.1 Å². The Morgan fingerprint density at radius 1 is 0.267 bits per heavy atom. The van der Waals surface area contributed by atoms with Gasteiger partial charge < -0.3 is 43.2 Å². The second-order valence-corrected chi connectivity index (χ2v) is 36.0. The lowest BCUT2D eigenvalue weighted by Crippen LogP contribution is -2.65.